The highest BCUT2D eigenvalue weighted by molar-refractivity contribution is 5.94. The monoisotopic (exact) mass is 446 g/mol. The lowest BCUT2D eigenvalue weighted by atomic mass is 9.97. The molecule has 3 heterocycles. The second-order valence-electron chi connectivity index (χ2n) is 7.78. The van der Waals surface area contributed by atoms with Gasteiger partial charge in [0.2, 0.25) is 0 Å². The van der Waals surface area contributed by atoms with E-state index in [9.17, 15) is 9.50 Å². The van der Waals surface area contributed by atoms with Gasteiger partial charge in [0.1, 0.15) is 24.0 Å². The van der Waals surface area contributed by atoms with E-state index in [2.05, 4.69) is 19.9 Å². The van der Waals surface area contributed by atoms with Crippen molar-refractivity contribution >= 4 is 16.6 Å². The molecule has 1 N–H and O–H groups in total. The van der Waals surface area contributed by atoms with E-state index in [4.69, 9.17) is 9.47 Å². The fourth-order valence-electron chi connectivity index (χ4n) is 4.14. The third-order valence-corrected chi connectivity index (χ3v) is 5.89. The van der Waals surface area contributed by atoms with Gasteiger partial charge < -0.3 is 19.5 Å². The Kier molecular flexibility index (Phi) is 5.85. The molecule has 33 heavy (non-hydrogen) atoms. The number of benzene rings is 2. The Bertz CT molecular complexity index is 1290. The summed E-state index contributed by atoms with van der Waals surface area (Å²) in [5.41, 5.74) is 3.61. The number of aliphatic hydroxyl groups excluding tert-OH is 1. The highest BCUT2D eigenvalue weighted by Gasteiger charge is 2.20. The summed E-state index contributed by atoms with van der Waals surface area (Å²) in [6, 6.07) is 12.1. The van der Waals surface area contributed by atoms with E-state index in [0.29, 0.717) is 41.3 Å². The van der Waals surface area contributed by atoms with Gasteiger partial charge in [-0.05, 0) is 42.0 Å². The first-order valence-electron chi connectivity index (χ1n) is 10.7. The topological polar surface area (TPSA) is 80.6 Å². The number of pyridine rings is 1. The highest BCUT2D eigenvalue weighted by atomic mass is 19.1. The molecule has 1 atom stereocenters. The zero-order chi connectivity index (χ0) is 22.8. The van der Waals surface area contributed by atoms with E-state index in [-0.39, 0.29) is 0 Å². The van der Waals surface area contributed by atoms with Crippen LogP contribution in [0.25, 0.3) is 22.2 Å². The Morgan fingerprint density at radius 2 is 1.94 bits per heavy atom. The van der Waals surface area contributed by atoms with Crippen molar-refractivity contribution in [1.29, 1.82) is 0 Å². The van der Waals surface area contributed by atoms with Crippen LogP contribution in [0.2, 0.25) is 0 Å². The quantitative estimate of drug-likeness (QED) is 0.500. The Balaban J connectivity index is 1.55. The van der Waals surface area contributed by atoms with Crippen LogP contribution in [0.5, 0.6) is 5.75 Å². The molecule has 0 aliphatic carbocycles. The SMILES string of the molecule is COc1cnccc1C(O)c1ccc(F)c(-c2ncnc3cc(N4CCOCC4)ccc23)c1. The molecule has 0 saturated carbocycles. The molecule has 1 saturated heterocycles. The molecule has 168 valence electrons. The maximum absolute atomic E-state index is 15.0. The smallest absolute Gasteiger partial charge is 0.143 e. The highest BCUT2D eigenvalue weighted by Crippen LogP contribution is 2.34. The van der Waals surface area contributed by atoms with Crippen LogP contribution in [0.4, 0.5) is 10.1 Å². The number of fused-ring (bicyclic) bond motifs is 1. The third kappa shape index (κ3) is 4.10. The van der Waals surface area contributed by atoms with Crippen LogP contribution < -0.4 is 9.64 Å². The second-order valence-corrected chi connectivity index (χ2v) is 7.78. The molecule has 0 amide bonds. The van der Waals surface area contributed by atoms with E-state index in [1.807, 2.05) is 18.2 Å². The molecule has 1 fully saturated rings. The first kappa shape index (κ1) is 21.2. The summed E-state index contributed by atoms with van der Waals surface area (Å²) in [6.45, 7) is 3.01. The summed E-state index contributed by atoms with van der Waals surface area (Å²) in [7, 11) is 1.52. The fraction of sp³-hybridized carbons (Fsp3) is 0.240. The molecule has 2 aromatic carbocycles. The van der Waals surface area contributed by atoms with Crippen molar-refractivity contribution in [2.24, 2.45) is 0 Å². The Labute approximate surface area is 190 Å². The number of nitrogens with zero attached hydrogens (tertiary/aromatic N) is 4. The predicted molar refractivity (Wildman–Crippen MR) is 123 cm³/mol. The maximum Gasteiger partial charge on any atom is 0.143 e. The summed E-state index contributed by atoms with van der Waals surface area (Å²) in [5, 5.41) is 11.7. The van der Waals surface area contributed by atoms with E-state index >= 15 is 0 Å². The second kappa shape index (κ2) is 9.09. The fourth-order valence-corrected chi connectivity index (χ4v) is 4.14. The molecule has 8 heteroatoms. The lowest BCUT2D eigenvalue weighted by molar-refractivity contribution is 0.122. The Morgan fingerprint density at radius 1 is 1.09 bits per heavy atom. The number of rotatable bonds is 5. The van der Waals surface area contributed by atoms with Crippen molar-refractivity contribution in [3.63, 3.8) is 0 Å². The van der Waals surface area contributed by atoms with Crippen molar-refractivity contribution in [3.05, 3.63) is 78.1 Å². The van der Waals surface area contributed by atoms with Crippen LogP contribution in [-0.2, 0) is 4.74 Å². The van der Waals surface area contributed by atoms with Crippen molar-refractivity contribution in [3.8, 4) is 17.0 Å². The maximum atomic E-state index is 15.0. The van der Waals surface area contributed by atoms with E-state index in [0.717, 1.165) is 29.7 Å². The minimum Gasteiger partial charge on any atom is -0.495 e. The molecule has 2 aromatic heterocycles. The number of aromatic nitrogens is 3. The number of aliphatic hydroxyl groups is 1. The standard InChI is InChI=1S/C25H23FN4O3/c1-32-23-14-27-7-6-19(23)25(31)16-2-5-21(26)20(12-16)24-18-4-3-17(13-22(18)28-15-29-24)30-8-10-33-11-9-30/h2-7,12-15,25,31H,8-11H2,1H3. The summed E-state index contributed by atoms with van der Waals surface area (Å²) in [5.74, 6) is 0.0314. The summed E-state index contributed by atoms with van der Waals surface area (Å²) >= 11 is 0. The molecule has 0 spiro atoms. The molecule has 1 aliphatic heterocycles. The molecule has 7 nitrogen and oxygen atoms in total. The first-order valence-corrected chi connectivity index (χ1v) is 10.7. The third-order valence-electron chi connectivity index (χ3n) is 5.89. The summed E-state index contributed by atoms with van der Waals surface area (Å²) in [6.07, 6.45) is 3.54. The molecule has 0 radical (unpaired) electrons. The minimum absolute atomic E-state index is 0.297. The van der Waals surface area contributed by atoms with Crippen molar-refractivity contribution in [1.82, 2.24) is 15.0 Å². The largest absolute Gasteiger partial charge is 0.495 e. The zero-order valence-corrected chi connectivity index (χ0v) is 18.1. The molecule has 1 unspecified atom stereocenters. The summed E-state index contributed by atoms with van der Waals surface area (Å²) < 4.78 is 25.7. The molecule has 5 rings (SSSR count). The van der Waals surface area contributed by atoms with Gasteiger partial charge in [0.05, 0.1) is 37.7 Å². The van der Waals surface area contributed by atoms with Gasteiger partial charge in [0.25, 0.3) is 0 Å². The number of hydrogen-bond acceptors (Lipinski definition) is 7. The number of halogens is 1. The van der Waals surface area contributed by atoms with Gasteiger partial charge in [-0.2, -0.15) is 0 Å². The van der Waals surface area contributed by atoms with Crippen LogP contribution in [-0.4, -0.2) is 53.5 Å². The number of hydrogen-bond donors (Lipinski definition) is 1. The predicted octanol–water partition coefficient (Wildman–Crippen LogP) is 3.76. The summed E-state index contributed by atoms with van der Waals surface area (Å²) in [4.78, 5) is 15.1. The average molecular weight is 446 g/mol. The van der Waals surface area contributed by atoms with Gasteiger partial charge in [0.15, 0.2) is 0 Å². The molecular weight excluding hydrogens is 423 g/mol. The average Bonchev–Trinajstić information content (AvgIpc) is 2.88. The van der Waals surface area contributed by atoms with Crippen LogP contribution in [0, 0.1) is 5.82 Å². The van der Waals surface area contributed by atoms with Crippen LogP contribution in [0.1, 0.15) is 17.2 Å². The first-order chi connectivity index (χ1) is 16.2. The Hall–Kier alpha value is -3.62. The van der Waals surface area contributed by atoms with E-state index in [1.54, 1.807) is 24.4 Å². The van der Waals surface area contributed by atoms with Crippen molar-refractivity contribution < 1.29 is 19.0 Å². The number of morpholine rings is 1. The number of anilines is 1. The molecule has 0 bridgehead atoms. The van der Waals surface area contributed by atoms with Gasteiger partial charge >= 0.3 is 0 Å². The van der Waals surface area contributed by atoms with E-state index in [1.165, 1.54) is 25.7 Å². The van der Waals surface area contributed by atoms with Crippen LogP contribution >= 0.6 is 0 Å². The van der Waals surface area contributed by atoms with Crippen molar-refractivity contribution in [2.45, 2.75) is 6.10 Å². The molecular formula is C25H23FN4O3. The van der Waals surface area contributed by atoms with E-state index < -0.39 is 11.9 Å². The van der Waals surface area contributed by atoms with Gasteiger partial charge in [-0.15, -0.1) is 0 Å². The van der Waals surface area contributed by atoms with Gasteiger partial charge in [-0.3, -0.25) is 4.98 Å². The number of ether oxygens (including phenoxy) is 2. The van der Waals surface area contributed by atoms with Crippen LogP contribution in [0.15, 0.2) is 61.2 Å². The van der Waals surface area contributed by atoms with Gasteiger partial charge in [-0.25, -0.2) is 14.4 Å². The molecule has 1 aliphatic rings. The number of methoxy groups -OCH3 is 1. The molecule has 4 aromatic rings. The minimum atomic E-state index is -1.01. The lowest BCUT2D eigenvalue weighted by Gasteiger charge is -2.29. The Morgan fingerprint density at radius 3 is 2.76 bits per heavy atom. The van der Waals surface area contributed by atoms with Gasteiger partial charge in [-0.1, -0.05) is 6.07 Å². The van der Waals surface area contributed by atoms with Crippen LogP contribution in [0.3, 0.4) is 0 Å². The lowest BCUT2D eigenvalue weighted by Crippen LogP contribution is -2.36. The van der Waals surface area contributed by atoms with Gasteiger partial charge in [0, 0.05) is 41.5 Å². The van der Waals surface area contributed by atoms with Crippen molar-refractivity contribution in [2.75, 3.05) is 38.3 Å². The normalized spacial score (nSPS) is 14.9. The zero-order valence-electron chi connectivity index (χ0n) is 18.1.